The number of aromatic nitrogens is 1. The van der Waals surface area contributed by atoms with E-state index in [4.69, 9.17) is 11.6 Å². The molecule has 4 heteroatoms. The van der Waals surface area contributed by atoms with E-state index in [0.29, 0.717) is 15.8 Å². The molecule has 0 saturated carbocycles. The summed E-state index contributed by atoms with van der Waals surface area (Å²) < 4.78 is 0.619. The van der Waals surface area contributed by atoms with Gasteiger partial charge in [0.2, 0.25) is 0 Å². The number of nitrogens with zero attached hydrogens (tertiary/aromatic N) is 1. The molecule has 2 rings (SSSR count). The Morgan fingerprint density at radius 1 is 1.31 bits per heavy atom. The number of benzene rings is 1. The third-order valence-electron chi connectivity index (χ3n) is 2.33. The molecule has 16 heavy (non-hydrogen) atoms. The summed E-state index contributed by atoms with van der Waals surface area (Å²) in [6.45, 7) is 0. The molecule has 1 N–H and O–H groups in total. The van der Waals surface area contributed by atoms with Crippen LogP contribution in [0.25, 0.3) is 0 Å². The Hall–Kier alpha value is -0.900. The second kappa shape index (κ2) is 5.43. The number of rotatable bonds is 4. The average molecular weight is 254 g/mol. The van der Waals surface area contributed by atoms with E-state index in [-0.39, 0.29) is 0 Å². The SMILES string of the molecule is OC(CCc1ccccc1)c1ncc(Cl)s1. The van der Waals surface area contributed by atoms with Crippen molar-refractivity contribution in [2.75, 3.05) is 0 Å². The fourth-order valence-electron chi connectivity index (χ4n) is 1.49. The first-order chi connectivity index (χ1) is 7.75. The third kappa shape index (κ3) is 3.04. The van der Waals surface area contributed by atoms with Crippen LogP contribution >= 0.6 is 22.9 Å². The molecule has 0 spiro atoms. The Bertz CT molecular complexity index is 443. The van der Waals surface area contributed by atoms with Crippen LogP contribution in [-0.2, 0) is 6.42 Å². The Kier molecular flexibility index (Phi) is 3.93. The molecule has 1 aromatic carbocycles. The zero-order valence-electron chi connectivity index (χ0n) is 8.64. The van der Waals surface area contributed by atoms with Gasteiger partial charge in [0, 0.05) is 0 Å². The van der Waals surface area contributed by atoms with Gasteiger partial charge in [-0.3, -0.25) is 0 Å². The number of thiazole rings is 1. The van der Waals surface area contributed by atoms with E-state index in [1.165, 1.54) is 16.9 Å². The van der Waals surface area contributed by atoms with Gasteiger partial charge < -0.3 is 5.11 Å². The second-order valence-electron chi connectivity index (χ2n) is 3.54. The second-order valence-corrected chi connectivity index (χ2v) is 5.24. The summed E-state index contributed by atoms with van der Waals surface area (Å²) in [5.74, 6) is 0. The first kappa shape index (κ1) is 11.6. The van der Waals surface area contributed by atoms with Gasteiger partial charge in [0.25, 0.3) is 0 Å². The molecule has 2 aromatic rings. The minimum atomic E-state index is -0.516. The number of aliphatic hydroxyl groups is 1. The molecular weight excluding hydrogens is 242 g/mol. The molecule has 0 aliphatic carbocycles. The van der Waals surface area contributed by atoms with Crippen molar-refractivity contribution in [2.24, 2.45) is 0 Å². The lowest BCUT2D eigenvalue weighted by Gasteiger charge is -2.06. The van der Waals surface area contributed by atoms with Crippen LogP contribution in [-0.4, -0.2) is 10.1 Å². The maximum Gasteiger partial charge on any atom is 0.123 e. The van der Waals surface area contributed by atoms with Crippen LogP contribution in [0.1, 0.15) is 23.1 Å². The van der Waals surface area contributed by atoms with Gasteiger partial charge in [-0.2, -0.15) is 0 Å². The van der Waals surface area contributed by atoms with Crippen molar-refractivity contribution in [2.45, 2.75) is 18.9 Å². The van der Waals surface area contributed by atoms with E-state index in [2.05, 4.69) is 17.1 Å². The number of hydrogen-bond donors (Lipinski definition) is 1. The summed E-state index contributed by atoms with van der Waals surface area (Å²) in [6, 6.07) is 10.1. The average Bonchev–Trinajstić information content (AvgIpc) is 2.74. The van der Waals surface area contributed by atoms with Crippen LogP contribution in [0, 0.1) is 0 Å². The maximum absolute atomic E-state index is 9.88. The molecule has 0 aliphatic rings. The summed E-state index contributed by atoms with van der Waals surface area (Å²) in [5, 5.41) is 10.6. The Morgan fingerprint density at radius 2 is 2.06 bits per heavy atom. The van der Waals surface area contributed by atoms with Crippen molar-refractivity contribution in [3.63, 3.8) is 0 Å². The van der Waals surface area contributed by atoms with Crippen molar-refractivity contribution >= 4 is 22.9 Å². The zero-order valence-corrected chi connectivity index (χ0v) is 10.2. The van der Waals surface area contributed by atoms with Crippen LogP contribution < -0.4 is 0 Å². The zero-order chi connectivity index (χ0) is 11.4. The molecule has 0 bridgehead atoms. The van der Waals surface area contributed by atoms with Crippen LogP contribution in [0.15, 0.2) is 36.5 Å². The lowest BCUT2D eigenvalue weighted by molar-refractivity contribution is 0.167. The molecule has 0 aliphatic heterocycles. The predicted octanol–water partition coefficient (Wildman–Crippen LogP) is 3.46. The van der Waals surface area contributed by atoms with Gasteiger partial charge in [0.1, 0.15) is 15.4 Å². The van der Waals surface area contributed by atoms with Crippen LogP contribution in [0.3, 0.4) is 0 Å². The number of aliphatic hydroxyl groups excluding tert-OH is 1. The summed E-state index contributed by atoms with van der Waals surface area (Å²) in [4.78, 5) is 4.06. The van der Waals surface area contributed by atoms with Gasteiger partial charge in [-0.25, -0.2) is 4.98 Å². The van der Waals surface area contributed by atoms with Gasteiger partial charge in [-0.05, 0) is 18.4 Å². The van der Waals surface area contributed by atoms with Gasteiger partial charge in [0.05, 0.1) is 6.20 Å². The monoisotopic (exact) mass is 253 g/mol. The summed E-state index contributed by atoms with van der Waals surface area (Å²) in [7, 11) is 0. The van der Waals surface area contributed by atoms with E-state index in [1.807, 2.05) is 18.2 Å². The molecule has 0 amide bonds. The molecule has 1 unspecified atom stereocenters. The molecule has 0 radical (unpaired) electrons. The molecule has 1 atom stereocenters. The van der Waals surface area contributed by atoms with Gasteiger partial charge in [-0.1, -0.05) is 41.9 Å². The van der Waals surface area contributed by atoms with E-state index in [9.17, 15) is 5.11 Å². The highest BCUT2D eigenvalue weighted by Gasteiger charge is 2.11. The standard InChI is InChI=1S/C12H12ClNOS/c13-11-8-14-12(16-11)10(15)7-6-9-4-2-1-3-5-9/h1-5,8,10,15H,6-7H2. The Morgan fingerprint density at radius 3 is 2.69 bits per heavy atom. The molecule has 0 fully saturated rings. The van der Waals surface area contributed by atoms with E-state index < -0.39 is 6.10 Å². The lowest BCUT2D eigenvalue weighted by Crippen LogP contribution is -1.98. The van der Waals surface area contributed by atoms with Crippen molar-refractivity contribution in [1.29, 1.82) is 0 Å². The summed E-state index contributed by atoms with van der Waals surface area (Å²) >= 11 is 7.10. The van der Waals surface area contributed by atoms with Crippen molar-refractivity contribution in [3.05, 3.63) is 51.4 Å². The molecular formula is C12H12ClNOS. The van der Waals surface area contributed by atoms with Gasteiger partial charge >= 0.3 is 0 Å². The molecule has 1 heterocycles. The Labute approximate surface area is 104 Å². The van der Waals surface area contributed by atoms with Gasteiger partial charge in [-0.15, -0.1) is 11.3 Å². The first-order valence-corrected chi connectivity index (χ1v) is 6.28. The first-order valence-electron chi connectivity index (χ1n) is 5.09. The highest BCUT2D eigenvalue weighted by Crippen LogP contribution is 2.26. The minimum absolute atomic E-state index is 0.516. The van der Waals surface area contributed by atoms with E-state index in [0.717, 1.165) is 6.42 Å². The minimum Gasteiger partial charge on any atom is -0.386 e. The van der Waals surface area contributed by atoms with Gasteiger partial charge in [0.15, 0.2) is 0 Å². The van der Waals surface area contributed by atoms with Crippen molar-refractivity contribution in [1.82, 2.24) is 4.98 Å². The maximum atomic E-state index is 9.88. The lowest BCUT2D eigenvalue weighted by atomic mass is 10.1. The normalized spacial score (nSPS) is 12.6. The predicted molar refractivity (Wildman–Crippen MR) is 66.8 cm³/mol. The smallest absolute Gasteiger partial charge is 0.123 e. The van der Waals surface area contributed by atoms with Crippen LogP contribution in [0.5, 0.6) is 0 Å². The summed E-state index contributed by atoms with van der Waals surface area (Å²) in [6.07, 6.45) is 2.58. The highest BCUT2D eigenvalue weighted by molar-refractivity contribution is 7.15. The van der Waals surface area contributed by atoms with Crippen LogP contribution in [0.2, 0.25) is 4.34 Å². The fourth-order valence-corrected chi connectivity index (χ4v) is 2.44. The molecule has 2 nitrogen and oxygen atoms in total. The topological polar surface area (TPSA) is 33.1 Å². The summed E-state index contributed by atoms with van der Waals surface area (Å²) in [5.41, 5.74) is 1.23. The third-order valence-corrected chi connectivity index (χ3v) is 3.55. The number of aryl methyl sites for hydroxylation is 1. The van der Waals surface area contributed by atoms with Crippen molar-refractivity contribution in [3.8, 4) is 0 Å². The largest absolute Gasteiger partial charge is 0.386 e. The fraction of sp³-hybridized carbons (Fsp3) is 0.250. The number of hydrogen-bond acceptors (Lipinski definition) is 3. The number of halogens is 1. The quantitative estimate of drug-likeness (QED) is 0.905. The molecule has 0 saturated heterocycles. The highest BCUT2D eigenvalue weighted by atomic mass is 35.5. The molecule has 84 valence electrons. The van der Waals surface area contributed by atoms with Crippen LogP contribution in [0.4, 0.5) is 0 Å². The Balaban J connectivity index is 1.91. The van der Waals surface area contributed by atoms with E-state index >= 15 is 0 Å². The van der Waals surface area contributed by atoms with E-state index in [1.54, 1.807) is 6.20 Å². The molecule has 1 aromatic heterocycles. The van der Waals surface area contributed by atoms with Crippen molar-refractivity contribution < 1.29 is 5.11 Å².